The fraction of sp³-hybridized carbons (Fsp3) is 0.581. The first-order chi connectivity index (χ1) is 18.9. The second-order valence-electron chi connectivity index (χ2n) is 12.0. The van der Waals surface area contributed by atoms with Crippen molar-refractivity contribution in [3.8, 4) is 5.75 Å². The van der Waals surface area contributed by atoms with Crippen molar-refractivity contribution in [1.29, 1.82) is 0 Å². The zero-order chi connectivity index (χ0) is 27.1. The lowest BCUT2D eigenvalue weighted by molar-refractivity contribution is 0.0898. The zero-order valence-corrected chi connectivity index (χ0v) is 23.4. The van der Waals surface area contributed by atoms with Crippen LogP contribution >= 0.6 is 0 Å². The summed E-state index contributed by atoms with van der Waals surface area (Å²) in [4.78, 5) is 35.7. The van der Waals surface area contributed by atoms with Crippen molar-refractivity contribution in [1.82, 2.24) is 20.5 Å². The number of carbonyl (C=O) groups excluding carboxylic acids is 2. The molecule has 1 aromatic carbocycles. The third-order valence-electron chi connectivity index (χ3n) is 9.29. The molecule has 0 spiro atoms. The van der Waals surface area contributed by atoms with E-state index in [1.807, 2.05) is 31.2 Å². The minimum Gasteiger partial charge on any atom is -0.493 e. The van der Waals surface area contributed by atoms with Gasteiger partial charge in [-0.2, -0.15) is 0 Å². The molecule has 3 saturated heterocycles. The van der Waals surface area contributed by atoms with Gasteiger partial charge in [-0.15, -0.1) is 0 Å². The zero-order valence-electron chi connectivity index (χ0n) is 23.4. The van der Waals surface area contributed by atoms with Gasteiger partial charge in [0.05, 0.1) is 12.2 Å². The van der Waals surface area contributed by atoms with Gasteiger partial charge in [-0.05, 0) is 83.1 Å². The number of hydrogen-bond acceptors (Lipinski definition) is 6. The topological polar surface area (TPSA) is 86.8 Å². The van der Waals surface area contributed by atoms with Gasteiger partial charge in [-0.3, -0.25) is 9.59 Å². The number of likely N-dealkylation sites (tertiary alicyclic amines) is 1. The van der Waals surface area contributed by atoms with Crippen molar-refractivity contribution in [2.75, 3.05) is 24.6 Å². The Morgan fingerprint density at radius 1 is 0.949 bits per heavy atom. The number of aromatic nitrogens is 1. The van der Waals surface area contributed by atoms with Gasteiger partial charge < -0.3 is 25.2 Å². The number of hydrogen-bond donors (Lipinski definition) is 2. The maximum Gasteiger partial charge on any atom is 0.253 e. The van der Waals surface area contributed by atoms with Gasteiger partial charge in [0.15, 0.2) is 0 Å². The summed E-state index contributed by atoms with van der Waals surface area (Å²) in [6.45, 7) is 9.18. The van der Waals surface area contributed by atoms with Crippen molar-refractivity contribution >= 4 is 17.6 Å². The van der Waals surface area contributed by atoms with Crippen LogP contribution in [0.15, 0.2) is 30.5 Å². The molecule has 2 atom stereocenters. The van der Waals surface area contributed by atoms with Crippen LogP contribution in [0.4, 0.5) is 5.82 Å². The molecule has 0 aliphatic carbocycles. The molecule has 39 heavy (non-hydrogen) atoms. The van der Waals surface area contributed by atoms with Crippen LogP contribution in [-0.4, -0.2) is 71.6 Å². The first kappa shape index (κ1) is 26.1. The van der Waals surface area contributed by atoms with Gasteiger partial charge in [-0.1, -0.05) is 6.07 Å². The third kappa shape index (κ3) is 5.23. The number of ether oxygens (including phenoxy) is 1. The lowest BCUT2D eigenvalue weighted by Crippen LogP contribution is -2.51. The number of fused-ring (bicyclic) bond motifs is 3. The molecular formula is C31H41N5O3. The highest BCUT2D eigenvalue weighted by molar-refractivity contribution is 5.97. The first-order valence-corrected chi connectivity index (χ1v) is 14.7. The lowest BCUT2D eigenvalue weighted by Gasteiger charge is -2.40. The molecule has 2 aromatic rings. The smallest absolute Gasteiger partial charge is 0.253 e. The number of pyridine rings is 1. The summed E-state index contributed by atoms with van der Waals surface area (Å²) < 4.78 is 5.77. The maximum atomic E-state index is 13.2. The van der Waals surface area contributed by atoms with E-state index >= 15 is 0 Å². The molecule has 0 radical (unpaired) electrons. The molecule has 8 heteroatoms. The summed E-state index contributed by atoms with van der Waals surface area (Å²) in [7, 11) is 0. The predicted molar refractivity (Wildman–Crippen MR) is 152 cm³/mol. The SMILES string of the molecule is Cc1c(C(=O)NC2CC3CCC(C2)N3c2ccc(C(=O)NC3CCN(C(C)C)CC3)cn2)ccc2c1OCC2. The molecule has 2 bridgehead atoms. The summed E-state index contributed by atoms with van der Waals surface area (Å²) in [5, 5.41) is 6.53. The quantitative estimate of drug-likeness (QED) is 0.589. The first-order valence-electron chi connectivity index (χ1n) is 14.7. The molecule has 2 unspecified atom stereocenters. The standard InChI is InChI=1S/C31H41N5O3/c1-19(2)35-13-10-23(11-14-35)33-30(37)22-5-9-28(32-18-22)36-25-6-7-26(36)17-24(16-25)34-31(38)27-8-4-21-12-15-39-29(21)20(27)3/h4-5,8-9,18-19,23-26H,6-7,10-17H2,1-3H3,(H,33,37)(H,34,38). The number of nitrogens with zero attached hydrogens (tertiary/aromatic N) is 3. The Morgan fingerprint density at radius 2 is 1.67 bits per heavy atom. The van der Waals surface area contributed by atoms with Crippen LogP contribution in [0.5, 0.6) is 5.75 Å². The normalized spacial score (nSPS) is 24.9. The average Bonchev–Trinajstić information content (AvgIpc) is 3.52. The number of piperidine rings is 2. The monoisotopic (exact) mass is 531 g/mol. The van der Waals surface area contributed by atoms with E-state index in [9.17, 15) is 9.59 Å². The van der Waals surface area contributed by atoms with Crippen LogP contribution in [-0.2, 0) is 6.42 Å². The van der Waals surface area contributed by atoms with Crippen LogP contribution in [0.25, 0.3) is 0 Å². The van der Waals surface area contributed by atoms with Gasteiger partial charge in [0.25, 0.3) is 11.8 Å². The van der Waals surface area contributed by atoms with E-state index < -0.39 is 0 Å². The summed E-state index contributed by atoms with van der Waals surface area (Å²) >= 11 is 0. The van der Waals surface area contributed by atoms with Crippen molar-refractivity contribution in [2.24, 2.45) is 0 Å². The molecule has 2 amide bonds. The summed E-state index contributed by atoms with van der Waals surface area (Å²) in [6, 6.07) is 9.49. The fourth-order valence-electron chi connectivity index (χ4n) is 7.09. The van der Waals surface area contributed by atoms with Crippen LogP contribution < -0.4 is 20.3 Å². The Bertz CT molecular complexity index is 1210. The second-order valence-corrected chi connectivity index (χ2v) is 12.0. The molecule has 3 fully saturated rings. The molecule has 4 aliphatic rings. The molecule has 0 saturated carbocycles. The highest BCUT2D eigenvalue weighted by Crippen LogP contribution is 2.39. The lowest BCUT2D eigenvalue weighted by atomic mass is 9.96. The molecular weight excluding hydrogens is 490 g/mol. The minimum atomic E-state index is -0.0336. The van der Waals surface area contributed by atoms with E-state index in [1.165, 1.54) is 5.56 Å². The van der Waals surface area contributed by atoms with E-state index in [2.05, 4.69) is 34.3 Å². The Balaban J connectivity index is 1.05. The van der Waals surface area contributed by atoms with Gasteiger partial charge in [0.2, 0.25) is 0 Å². The molecule has 6 rings (SSSR count). The van der Waals surface area contributed by atoms with Crippen LogP contribution in [0.3, 0.4) is 0 Å². The number of nitrogens with one attached hydrogen (secondary N) is 2. The van der Waals surface area contributed by atoms with Gasteiger partial charge in [-0.25, -0.2) is 4.98 Å². The fourth-order valence-corrected chi connectivity index (χ4v) is 7.09. The molecule has 1 aromatic heterocycles. The van der Waals surface area contributed by atoms with E-state index in [4.69, 9.17) is 9.72 Å². The Labute approximate surface area is 231 Å². The van der Waals surface area contributed by atoms with Crippen molar-refractivity contribution < 1.29 is 14.3 Å². The molecule has 5 heterocycles. The van der Waals surface area contributed by atoms with Crippen molar-refractivity contribution in [3.63, 3.8) is 0 Å². The summed E-state index contributed by atoms with van der Waals surface area (Å²) in [5.41, 5.74) is 3.47. The Kier molecular flexibility index (Phi) is 7.23. The number of rotatable bonds is 6. The van der Waals surface area contributed by atoms with Gasteiger partial charge in [0.1, 0.15) is 11.6 Å². The Morgan fingerprint density at radius 3 is 2.33 bits per heavy atom. The largest absolute Gasteiger partial charge is 0.493 e. The van der Waals surface area contributed by atoms with Gasteiger partial charge in [0, 0.05) is 67.0 Å². The number of carbonyl (C=O) groups is 2. The number of amides is 2. The summed E-state index contributed by atoms with van der Waals surface area (Å²) in [6.07, 6.45) is 8.62. The van der Waals surface area contributed by atoms with Crippen LogP contribution in [0.1, 0.15) is 84.2 Å². The number of benzene rings is 1. The van der Waals surface area contributed by atoms with Crippen molar-refractivity contribution in [2.45, 2.75) is 95.9 Å². The highest BCUT2D eigenvalue weighted by Gasteiger charge is 2.42. The van der Waals surface area contributed by atoms with Crippen molar-refractivity contribution in [3.05, 3.63) is 52.7 Å². The van der Waals surface area contributed by atoms with E-state index in [1.54, 1.807) is 6.20 Å². The van der Waals surface area contributed by atoms with E-state index in [0.29, 0.717) is 35.9 Å². The number of anilines is 1. The van der Waals surface area contributed by atoms with Crippen LogP contribution in [0.2, 0.25) is 0 Å². The highest BCUT2D eigenvalue weighted by atomic mass is 16.5. The molecule has 2 N–H and O–H groups in total. The van der Waals surface area contributed by atoms with E-state index in [0.717, 1.165) is 75.2 Å². The molecule has 8 nitrogen and oxygen atoms in total. The molecule has 208 valence electrons. The Hall–Kier alpha value is -3.13. The van der Waals surface area contributed by atoms with Gasteiger partial charge >= 0.3 is 0 Å². The average molecular weight is 532 g/mol. The summed E-state index contributed by atoms with van der Waals surface area (Å²) in [5.74, 6) is 1.78. The predicted octanol–water partition coefficient (Wildman–Crippen LogP) is 3.86. The van der Waals surface area contributed by atoms with E-state index in [-0.39, 0.29) is 23.9 Å². The second kappa shape index (κ2) is 10.8. The maximum absolute atomic E-state index is 13.2. The van der Waals surface area contributed by atoms with Crippen LogP contribution in [0, 0.1) is 6.92 Å². The minimum absolute atomic E-state index is 0.00739. The third-order valence-corrected chi connectivity index (χ3v) is 9.29. The molecule has 4 aliphatic heterocycles.